The average molecular weight is 450 g/mol. The van der Waals surface area contributed by atoms with Gasteiger partial charge in [-0.3, -0.25) is 9.59 Å². The first-order valence-corrected chi connectivity index (χ1v) is 10.9. The lowest BCUT2D eigenvalue weighted by atomic mass is 9.95. The van der Waals surface area contributed by atoms with E-state index in [0.29, 0.717) is 35.8 Å². The van der Waals surface area contributed by atoms with Gasteiger partial charge >= 0.3 is 0 Å². The van der Waals surface area contributed by atoms with Crippen molar-refractivity contribution >= 4 is 17.4 Å². The topological polar surface area (TPSA) is 85.3 Å². The van der Waals surface area contributed by atoms with Crippen molar-refractivity contribution in [2.24, 2.45) is 0 Å². The van der Waals surface area contributed by atoms with Crippen molar-refractivity contribution in [1.82, 2.24) is 4.90 Å². The van der Waals surface area contributed by atoms with Crippen molar-refractivity contribution in [1.29, 1.82) is 0 Å². The molecular weight excluding hydrogens is 422 g/mol. The van der Waals surface area contributed by atoms with Crippen molar-refractivity contribution in [3.8, 4) is 11.5 Å². The van der Waals surface area contributed by atoms with E-state index in [1.165, 1.54) is 12.0 Å². The molecule has 4 rings (SSSR count). The van der Waals surface area contributed by atoms with Gasteiger partial charge in [0.05, 0.1) is 24.8 Å². The molecule has 0 saturated carbocycles. The van der Waals surface area contributed by atoms with Crippen LogP contribution in [0.3, 0.4) is 0 Å². The van der Waals surface area contributed by atoms with Gasteiger partial charge in [-0.1, -0.05) is 49.1 Å². The number of nitrogens with zero attached hydrogens (tertiary/aromatic N) is 1. The summed E-state index contributed by atoms with van der Waals surface area (Å²) < 4.78 is 16.9. The van der Waals surface area contributed by atoms with E-state index in [-0.39, 0.29) is 24.0 Å². The van der Waals surface area contributed by atoms with Crippen LogP contribution in [0.2, 0.25) is 0 Å². The van der Waals surface area contributed by atoms with Crippen LogP contribution in [0.15, 0.2) is 66.8 Å². The molecule has 2 aromatic rings. The highest BCUT2D eigenvalue weighted by atomic mass is 16.5. The van der Waals surface area contributed by atoms with Crippen LogP contribution in [-0.4, -0.2) is 54.7 Å². The Labute approximate surface area is 192 Å². The SMILES string of the molecule is C=CCOc1ccc(C2C(=C(O)c3ccccc3)C(=O)C(=O)N2CC2CCCO2)cc1OC. The van der Waals surface area contributed by atoms with E-state index in [0.717, 1.165) is 12.8 Å². The summed E-state index contributed by atoms with van der Waals surface area (Å²) in [5.74, 6) is -0.610. The van der Waals surface area contributed by atoms with Crippen LogP contribution in [0.1, 0.15) is 30.0 Å². The first-order chi connectivity index (χ1) is 16.0. The van der Waals surface area contributed by atoms with Gasteiger partial charge in [0.15, 0.2) is 11.5 Å². The third kappa shape index (κ3) is 4.50. The molecule has 0 aliphatic carbocycles. The lowest BCUT2D eigenvalue weighted by molar-refractivity contribution is -0.140. The molecule has 7 nitrogen and oxygen atoms in total. The number of methoxy groups -OCH3 is 1. The smallest absolute Gasteiger partial charge is 0.295 e. The minimum atomic E-state index is -0.781. The van der Waals surface area contributed by atoms with Crippen molar-refractivity contribution in [2.45, 2.75) is 25.0 Å². The second-order valence-electron chi connectivity index (χ2n) is 7.96. The molecule has 0 bridgehead atoms. The van der Waals surface area contributed by atoms with Crippen LogP contribution in [-0.2, 0) is 14.3 Å². The fourth-order valence-corrected chi connectivity index (χ4v) is 4.30. The van der Waals surface area contributed by atoms with Gasteiger partial charge in [0.1, 0.15) is 12.4 Å². The molecule has 2 fully saturated rings. The maximum atomic E-state index is 13.1. The lowest BCUT2D eigenvalue weighted by Gasteiger charge is -2.28. The second kappa shape index (κ2) is 9.92. The largest absolute Gasteiger partial charge is 0.507 e. The van der Waals surface area contributed by atoms with Crippen molar-refractivity contribution in [2.75, 3.05) is 26.9 Å². The Balaban J connectivity index is 1.82. The number of benzene rings is 2. The van der Waals surface area contributed by atoms with Gasteiger partial charge in [-0.15, -0.1) is 0 Å². The number of rotatable bonds is 8. The highest BCUT2D eigenvalue weighted by Crippen LogP contribution is 2.42. The fraction of sp³-hybridized carbons (Fsp3) is 0.308. The zero-order valence-corrected chi connectivity index (χ0v) is 18.5. The molecule has 172 valence electrons. The first kappa shape index (κ1) is 22.6. The quantitative estimate of drug-likeness (QED) is 0.285. The number of hydrogen-bond acceptors (Lipinski definition) is 6. The van der Waals surface area contributed by atoms with Crippen molar-refractivity contribution in [3.05, 3.63) is 77.9 Å². The summed E-state index contributed by atoms with van der Waals surface area (Å²) in [5, 5.41) is 11.1. The molecule has 7 heteroatoms. The third-order valence-electron chi connectivity index (χ3n) is 5.87. The molecule has 2 aromatic carbocycles. The van der Waals surface area contributed by atoms with Gasteiger partial charge in [0.25, 0.3) is 11.7 Å². The van der Waals surface area contributed by atoms with E-state index in [1.807, 2.05) is 6.07 Å². The molecular formula is C26H27NO6. The van der Waals surface area contributed by atoms with Crippen LogP contribution in [0.5, 0.6) is 11.5 Å². The number of carbonyl (C=O) groups excluding carboxylic acids is 2. The number of amides is 1. The van der Waals surface area contributed by atoms with Crippen LogP contribution >= 0.6 is 0 Å². The summed E-state index contributed by atoms with van der Waals surface area (Å²) in [4.78, 5) is 27.7. The van der Waals surface area contributed by atoms with E-state index >= 15 is 0 Å². The maximum Gasteiger partial charge on any atom is 0.295 e. The van der Waals surface area contributed by atoms with Gasteiger partial charge in [0, 0.05) is 18.7 Å². The van der Waals surface area contributed by atoms with Crippen molar-refractivity contribution in [3.63, 3.8) is 0 Å². The molecule has 2 aliphatic rings. The number of likely N-dealkylation sites (tertiary alicyclic amines) is 1. The molecule has 1 amide bonds. The predicted molar refractivity (Wildman–Crippen MR) is 123 cm³/mol. The first-order valence-electron chi connectivity index (χ1n) is 10.9. The molecule has 2 aliphatic heterocycles. The number of Topliss-reactive ketones (excluding diaryl/α,β-unsaturated/α-hetero) is 1. The van der Waals surface area contributed by atoms with E-state index < -0.39 is 17.7 Å². The standard InChI is InChI=1S/C26H27NO6/c1-3-13-33-20-12-11-18(15-21(20)31-2)23-22(24(28)17-8-5-4-6-9-17)25(29)26(30)27(23)16-19-10-7-14-32-19/h3-6,8-9,11-12,15,19,23,28H,1,7,10,13-14,16H2,2H3. The van der Waals surface area contributed by atoms with Crippen LogP contribution in [0.4, 0.5) is 0 Å². The molecule has 2 saturated heterocycles. The molecule has 2 unspecified atom stereocenters. The molecule has 2 heterocycles. The Morgan fingerprint density at radius 1 is 1.21 bits per heavy atom. The summed E-state index contributed by atoms with van der Waals surface area (Å²) in [6.45, 7) is 4.85. The van der Waals surface area contributed by atoms with Gasteiger partial charge in [-0.25, -0.2) is 0 Å². The Morgan fingerprint density at radius 2 is 2.00 bits per heavy atom. The Bertz CT molecular complexity index is 1070. The monoisotopic (exact) mass is 449 g/mol. The predicted octanol–water partition coefficient (Wildman–Crippen LogP) is 3.86. The second-order valence-corrected chi connectivity index (χ2v) is 7.96. The highest BCUT2D eigenvalue weighted by molar-refractivity contribution is 6.46. The lowest BCUT2D eigenvalue weighted by Crippen LogP contribution is -2.36. The third-order valence-corrected chi connectivity index (χ3v) is 5.87. The number of carbonyl (C=O) groups is 2. The van der Waals surface area contributed by atoms with Gasteiger partial charge in [-0.05, 0) is 30.5 Å². The van der Waals surface area contributed by atoms with Gasteiger partial charge in [-0.2, -0.15) is 0 Å². The van der Waals surface area contributed by atoms with E-state index in [9.17, 15) is 14.7 Å². The average Bonchev–Trinajstić information content (AvgIpc) is 3.45. The normalized spacial score (nSPS) is 21.9. The number of ketones is 1. The minimum absolute atomic E-state index is 0.0472. The van der Waals surface area contributed by atoms with E-state index in [1.54, 1.807) is 48.5 Å². The van der Waals surface area contributed by atoms with E-state index in [4.69, 9.17) is 14.2 Å². The zero-order valence-electron chi connectivity index (χ0n) is 18.5. The molecule has 0 spiro atoms. The summed E-state index contributed by atoms with van der Waals surface area (Å²) in [7, 11) is 1.52. The van der Waals surface area contributed by atoms with E-state index in [2.05, 4.69) is 6.58 Å². The number of aliphatic hydroxyl groups excluding tert-OH is 1. The summed E-state index contributed by atoms with van der Waals surface area (Å²) in [6.07, 6.45) is 3.20. The van der Waals surface area contributed by atoms with Crippen LogP contribution < -0.4 is 9.47 Å². The molecule has 33 heavy (non-hydrogen) atoms. The zero-order chi connectivity index (χ0) is 23.4. The molecule has 2 atom stereocenters. The van der Waals surface area contributed by atoms with Crippen molar-refractivity contribution < 1.29 is 28.9 Å². The molecule has 1 N–H and O–H groups in total. The Hall–Kier alpha value is -3.58. The van der Waals surface area contributed by atoms with Gasteiger partial charge < -0.3 is 24.2 Å². The maximum absolute atomic E-state index is 13.1. The summed E-state index contributed by atoms with van der Waals surface area (Å²) >= 11 is 0. The minimum Gasteiger partial charge on any atom is -0.507 e. The Kier molecular flexibility index (Phi) is 6.79. The molecule has 0 aromatic heterocycles. The Morgan fingerprint density at radius 3 is 2.67 bits per heavy atom. The number of hydrogen-bond donors (Lipinski definition) is 1. The highest BCUT2D eigenvalue weighted by Gasteiger charge is 2.47. The fourth-order valence-electron chi connectivity index (χ4n) is 4.30. The number of aliphatic hydroxyl groups is 1. The summed E-state index contributed by atoms with van der Waals surface area (Å²) in [5.41, 5.74) is 1.15. The van der Waals surface area contributed by atoms with Crippen LogP contribution in [0, 0.1) is 0 Å². The summed E-state index contributed by atoms with van der Waals surface area (Å²) in [6, 6.07) is 13.2. The molecule has 0 radical (unpaired) electrons. The van der Waals surface area contributed by atoms with Gasteiger partial charge in [0.2, 0.25) is 0 Å². The number of ether oxygens (including phenoxy) is 3. The van der Waals surface area contributed by atoms with Crippen LogP contribution in [0.25, 0.3) is 5.76 Å².